The Bertz CT molecular complexity index is 1160. The third-order valence-corrected chi connectivity index (χ3v) is 4.42. The highest BCUT2D eigenvalue weighted by Gasteiger charge is 2.11. The lowest BCUT2D eigenvalue weighted by molar-refractivity contribution is -0.150. The summed E-state index contributed by atoms with van der Waals surface area (Å²) in [7, 11) is 0. The predicted molar refractivity (Wildman–Crippen MR) is 132 cm³/mol. The summed E-state index contributed by atoms with van der Waals surface area (Å²) in [6.07, 6.45) is 3.56. The summed E-state index contributed by atoms with van der Waals surface area (Å²) < 4.78 is 15.1. The molecule has 6 nitrogen and oxygen atoms in total. The first-order valence-corrected chi connectivity index (χ1v) is 10.3. The fourth-order valence-electron chi connectivity index (χ4n) is 2.59. The summed E-state index contributed by atoms with van der Waals surface area (Å²) in [6.45, 7) is 17.5. The van der Waals surface area contributed by atoms with Gasteiger partial charge in [-0.25, -0.2) is 14.4 Å². The zero-order valence-corrected chi connectivity index (χ0v) is 19.3. The lowest BCUT2D eigenvalue weighted by atomic mass is 10.00. The average Bonchev–Trinajstić information content (AvgIpc) is 2.81. The predicted octanol–water partition coefficient (Wildman–Crippen LogP) is 5.48. The number of esters is 3. The van der Waals surface area contributed by atoms with Crippen molar-refractivity contribution in [3.05, 3.63) is 109 Å². The summed E-state index contributed by atoms with van der Waals surface area (Å²) in [5.74, 6) is -1.12. The summed E-state index contributed by atoms with van der Waals surface area (Å²) in [4.78, 5) is 34.8. The Labute approximate surface area is 199 Å². The van der Waals surface area contributed by atoms with Crippen molar-refractivity contribution in [3.8, 4) is 11.5 Å². The summed E-state index contributed by atoms with van der Waals surface area (Å²) in [5, 5.41) is 0. The molecular weight excluding hydrogens is 432 g/mol. The highest BCUT2D eigenvalue weighted by molar-refractivity contribution is 5.90. The molecular formula is C28H26O6. The van der Waals surface area contributed by atoms with Gasteiger partial charge in [0.25, 0.3) is 0 Å². The van der Waals surface area contributed by atoms with Gasteiger partial charge in [-0.1, -0.05) is 56.7 Å². The molecule has 0 aliphatic heterocycles. The van der Waals surface area contributed by atoms with Crippen molar-refractivity contribution in [3.63, 3.8) is 0 Å². The van der Waals surface area contributed by atoms with Crippen LogP contribution in [0.4, 0.5) is 0 Å². The molecule has 0 aliphatic rings. The largest absolute Gasteiger partial charge is 0.450 e. The van der Waals surface area contributed by atoms with Crippen LogP contribution in [0, 0.1) is 0 Å². The first-order valence-electron chi connectivity index (χ1n) is 10.3. The van der Waals surface area contributed by atoms with Gasteiger partial charge in [-0.3, -0.25) is 0 Å². The van der Waals surface area contributed by atoms with Gasteiger partial charge >= 0.3 is 17.9 Å². The Hall–Kier alpha value is -4.45. The number of hydrogen-bond acceptors (Lipinski definition) is 6. The van der Waals surface area contributed by atoms with Crippen LogP contribution in [-0.4, -0.2) is 24.5 Å². The van der Waals surface area contributed by atoms with Crippen molar-refractivity contribution in [2.75, 3.05) is 6.61 Å². The van der Waals surface area contributed by atoms with E-state index in [0.29, 0.717) is 22.6 Å². The van der Waals surface area contributed by atoms with Crippen LogP contribution >= 0.6 is 0 Å². The third-order valence-electron chi connectivity index (χ3n) is 4.42. The highest BCUT2D eigenvalue weighted by atomic mass is 16.6. The van der Waals surface area contributed by atoms with Crippen LogP contribution in [0.2, 0.25) is 0 Å². The Balaban J connectivity index is 2.04. The molecule has 0 radical (unpaired) electrons. The molecule has 0 saturated carbocycles. The Morgan fingerprint density at radius 2 is 1.26 bits per heavy atom. The molecule has 0 heterocycles. The van der Waals surface area contributed by atoms with Gasteiger partial charge in [-0.15, -0.1) is 0 Å². The van der Waals surface area contributed by atoms with E-state index >= 15 is 0 Å². The lowest BCUT2D eigenvalue weighted by Crippen LogP contribution is -2.18. The minimum absolute atomic E-state index is 0.199. The van der Waals surface area contributed by atoms with E-state index in [-0.39, 0.29) is 5.57 Å². The molecule has 2 aromatic rings. The maximum atomic E-state index is 11.8. The first kappa shape index (κ1) is 25.8. The molecule has 174 valence electrons. The second-order valence-electron chi connectivity index (χ2n) is 7.38. The van der Waals surface area contributed by atoms with E-state index in [1.54, 1.807) is 49.4 Å². The van der Waals surface area contributed by atoms with E-state index in [0.717, 1.165) is 16.7 Å². The highest BCUT2D eigenvalue weighted by Crippen LogP contribution is 2.25. The molecule has 0 unspecified atom stereocenters. The van der Waals surface area contributed by atoms with Gasteiger partial charge in [-0.05, 0) is 66.5 Å². The van der Waals surface area contributed by atoms with Crippen molar-refractivity contribution in [1.82, 2.24) is 0 Å². The summed E-state index contributed by atoms with van der Waals surface area (Å²) in [6, 6.07) is 13.7. The lowest BCUT2D eigenvalue weighted by Gasteiger charge is -2.09. The normalized spacial score (nSPS) is 10.6. The third kappa shape index (κ3) is 7.60. The van der Waals surface area contributed by atoms with E-state index in [9.17, 15) is 14.4 Å². The minimum atomic E-state index is -0.701. The van der Waals surface area contributed by atoms with Crippen molar-refractivity contribution in [2.24, 2.45) is 0 Å². The molecule has 6 heteroatoms. The van der Waals surface area contributed by atoms with E-state index in [1.807, 2.05) is 18.2 Å². The molecule has 2 rings (SSSR count). The quantitative estimate of drug-likeness (QED) is 0.203. The Kier molecular flexibility index (Phi) is 9.08. The molecule has 0 aromatic heterocycles. The van der Waals surface area contributed by atoms with Gasteiger partial charge in [0.05, 0.1) is 0 Å². The summed E-state index contributed by atoms with van der Waals surface area (Å²) in [5.41, 5.74) is 3.71. The number of carbonyl (C=O) groups excluding carboxylic acids is 3. The van der Waals surface area contributed by atoms with Gasteiger partial charge < -0.3 is 14.2 Å². The molecule has 0 N–H and O–H groups in total. The van der Waals surface area contributed by atoms with Gasteiger partial charge in [-0.2, -0.15) is 0 Å². The van der Waals surface area contributed by atoms with E-state index in [4.69, 9.17) is 14.2 Å². The van der Waals surface area contributed by atoms with E-state index < -0.39 is 24.5 Å². The second-order valence-corrected chi connectivity index (χ2v) is 7.38. The van der Waals surface area contributed by atoms with Crippen LogP contribution in [-0.2, 0) is 19.1 Å². The fourth-order valence-corrected chi connectivity index (χ4v) is 2.59. The van der Waals surface area contributed by atoms with Gasteiger partial charge in [0.1, 0.15) is 11.5 Å². The smallest absolute Gasteiger partial charge is 0.349 e. The van der Waals surface area contributed by atoms with E-state index in [2.05, 4.69) is 26.3 Å². The van der Waals surface area contributed by atoms with Crippen LogP contribution in [0.3, 0.4) is 0 Å². The molecule has 0 aliphatic carbocycles. The molecule has 0 fully saturated rings. The van der Waals surface area contributed by atoms with E-state index in [1.165, 1.54) is 6.92 Å². The molecule has 0 spiro atoms. The van der Waals surface area contributed by atoms with Crippen LogP contribution in [0.5, 0.6) is 11.5 Å². The Morgan fingerprint density at radius 1 is 0.765 bits per heavy atom. The molecule has 0 saturated heterocycles. The number of allylic oxidation sites excluding steroid dienone is 4. The van der Waals surface area contributed by atoms with Crippen LogP contribution in [0.25, 0.3) is 11.1 Å². The maximum absolute atomic E-state index is 11.8. The first-order chi connectivity index (χ1) is 16.1. The molecule has 2 aromatic carbocycles. The maximum Gasteiger partial charge on any atom is 0.349 e. The molecule has 0 bridgehead atoms. The zero-order chi connectivity index (χ0) is 25.3. The van der Waals surface area contributed by atoms with Gasteiger partial charge in [0.2, 0.25) is 0 Å². The molecule has 34 heavy (non-hydrogen) atoms. The standard InChI is InChI=1S/C28H26O6/c1-7-21(23-10-14-25(15-11-23)34-28(31)19(4)5)16-20(6)22-8-12-24(13-9-22)33-26(29)17-32-27(30)18(2)3/h7-16H,1-2,4,6,17H2,3,5H3/b21-16+. The molecule has 0 amide bonds. The van der Waals surface area contributed by atoms with Crippen molar-refractivity contribution in [1.29, 1.82) is 0 Å². The monoisotopic (exact) mass is 458 g/mol. The zero-order valence-electron chi connectivity index (χ0n) is 19.3. The number of rotatable bonds is 10. The van der Waals surface area contributed by atoms with Crippen molar-refractivity contribution < 1.29 is 28.6 Å². The number of ether oxygens (including phenoxy) is 3. The van der Waals surface area contributed by atoms with Crippen molar-refractivity contribution >= 4 is 29.1 Å². The van der Waals surface area contributed by atoms with Crippen LogP contribution < -0.4 is 9.47 Å². The fraction of sp³-hybridized carbons (Fsp3) is 0.107. The SMILES string of the molecule is C=C/C(=C\C(=C)c1ccc(OC(=O)COC(=O)C(=C)C)cc1)c1ccc(OC(=O)C(=C)C)cc1. The minimum Gasteiger partial charge on any atom is -0.450 e. The Morgan fingerprint density at radius 3 is 1.76 bits per heavy atom. The number of hydrogen-bond donors (Lipinski definition) is 0. The number of carbonyl (C=O) groups is 3. The topological polar surface area (TPSA) is 78.9 Å². The average molecular weight is 459 g/mol. The second kappa shape index (κ2) is 12.0. The molecule has 0 atom stereocenters. The van der Waals surface area contributed by atoms with Crippen LogP contribution in [0.1, 0.15) is 25.0 Å². The van der Waals surface area contributed by atoms with Gasteiger partial charge in [0, 0.05) is 11.1 Å². The van der Waals surface area contributed by atoms with Crippen molar-refractivity contribution in [2.45, 2.75) is 13.8 Å². The number of benzene rings is 2. The van der Waals surface area contributed by atoms with Gasteiger partial charge in [0.15, 0.2) is 6.61 Å². The summed E-state index contributed by atoms with van der Waals surface area (Å²) >= 11 is 0. The van der Waals surface area contributed by atoms with Crippen LogP contribution in [0.15, 0.2) is 98.1 Å².